The molecule has 0 bridgehead atoms. The SMILES string of the molecule is CCc1cnc(CNc2nccn3c(C)nnc23)s1. The van der Waals surface area contributed by atoms with Crippen molar-refractivity contribution in [1.29, 1.82) is 0 Å². The van der Waals surface area contributed by atoms with Crippen LogP contribution < -0.4 is 5.32 Å². The Bertz CT molecular complexity index is 701. The smallest absolute Gasteiger partial charge is 0.203 e. The van der Waals surface area contributed by atoms with Crippen molar-refractivity contribution < 1.29 is 0 Å². The van der Waals surface area contributed by atoms with Gasteiger partial charge in [0.15, 0.2) is 5.82 Å². The summed E-state index contributed by atoms with van der Waals surface area (Å²) in [5.41, 5.74) is 0.743. The van der Waals surface area contributed by atoms with E-state index in [1.165, 1.54) is 4.88 Å². The van der Waals surface area contributed by atoms with Crippen molar-refractivity contribution in [1.82, 2.24) is 24.6 Å². The van der Waals surface area contributed by atoms with Gasteiger partial charge in [0.2, 0.25) is 5.65 Å². The van der Waals surface area contributed by atoms with E-state index in [2.05, 4.69) is 32.4 Å². The molecule has 98 valence electrons. The van der Waals surface area contributed by atoms with Crippen LogP contribution in [-0.4, -0.2) is 24.6 Å². The summed E-state index contributed by atoms with van der Waals surface area (Å²) in [4.78, 5) is 9.97. The molecule has 0 aromatic carbocycles. The molecule has 3 aromatic heterocycles. The predicted octanol–water partition coefficient (Wildman–Crippen LogP) is 2.06. The number of thiazole rings is 1. The Morgan fingerprint density at radius 2 is 2.21 bits per heavy atom. The average Bonchev–Trinajstić information content (AvgIpc) is 3.04. The lowest BCUT2D eigenvalue weighted by Gasteiger charge is -2.04. The number of rotatable bonds is 4. The number of fused-ring (bicyclic) bond motifs is 1. The zero-order valence-electron chi connectivity index (χ0n) is 10.8. The second-order valence-corrected chi connectivity index (χ2v) is 5.34. The van der Waals surface area contributed by atoms with Gasteiger partial charge in [0, 0.05) is 23.5 Å². The molecular formula is C12H14N6S. The maximum absolute atomic E-state index is 4.37. The number of hydrogen-bond donors (Lipinski definition) is 1. The maximum Gasteiger partial charge on any atom is 0.203 e. The van der Waals surface area contributed by atoms with E-state index in [-0.39, 0.29) is 0 Å². The first-order chi connectivity index (χ1) is 9.28. The first kappa shape index (κ1) is 12.0. The molecule has 3 heterocycles. The summed E-state index contributed by atoms with van der Waals surface area (Å²) >= 11 is 1.72. The normalized spacial score (nSPS) is 11.1. The standard InChI is InChI=1S/C12H14N6S/c1-3-9-6-14-10(19-9)7-15-11-12-17-16-8(2)18(12)5-4-13-11/h4-6H,3,7H2,1-2H3,(H,13,15). The van der Waals surface area contributed by atoms with Crippen molar-refractivity contribution in [2.24, 2.45) is 0 Å². The molecule has 0 fully saturated rings. The summed E-state index contributed by atoms with van der Waals surface area (Å²) < 4.78 is 1.91. The van der Waals surface area contributed by atoms with E-state index < -0.39 is 0 Å². The van der Waals surface area contributed by atoms with Crippen LogP contribution in [0.3, 0.4) is 0 Å². The van der Waals surface area contributed by atoms with Crippen LogP contribution in [0.5, 0.6) is 0 Å². The van der Waals surface area contributed by atoms with Gasteiger partial charge in [0.25, 0.3) is 0 Å². The minimum absolute atomic E-state index is 0.656. The number of anilines is 1. The van der Waals surface area contributed by atoms with Gasteiger partial charge in [-0.25, -0.2) is 9.97 Å². The highest BCUT2D eigenvalue weighted by atomic mass is 32.1. The summed E-state index contributed by atoms with van der Waals surface area (Å²) in [6.07, 6.45) is 6.55. The fraction of sp³-hybridized carbons (Fsp3) is 0.333. The molecular weight excluding hydrogens is 260 g/mol. The number of nitrogens with one attached hydrogen (secondary N) is 1. The van der Waals surface area contributed by atoms with Crippen molar-refractivity contribution in [3.8, 4) is 0 Å². The Kier molecular flexibility index (Phi) is 3.12. The van der Waals surface area contributed by atoms with Crippen molar-refractivity contribution in [2.75, 3.05) is 5.32 Å². The van der Waals surface area contributed by atoms with Gasteiger partial charge in [-0.1, -0.05) is 6.92 Å². The number of hydrogen-bond acceptors (Lipinski definition) is 6. The molecule has 0 aliphatic rings. The van der Waals surface area contributed by atoms with E-state index in [1.54, 1.807) is 17.5 Å². The van der Waals surface area contributed by atoms with Crippen LogP contribution in [0.1, 0.15) is 22.6 Å². The third-order valence-corrected chi connectivity index (χ3v) is 4.00. The minimum atomic E-state index is 0.656. The van der Waals surface area contributed by atoms with Gasteiger partial charge in [-0.15, -0.1) is 21.5 Å². The largest absolute Gasteiger partial charge is 0.360 e. The zero-order chi connectivity index (χ0) is 13.2. The average molecular weight is 274 g/mol. The quantitative estimate of drug-likeness (QED) is 0.788. The molecule has 0 saturated heterocycles. The van der Waals surface area contributed by atoms with E-state index >= 15 is 0 Å². The summed E-state index contributed by atoms with van der Waals surface area (Å²) in [5.74, 6) is 1.58. The Hall–Kier alpha value is -2.02. The third-order valence-electron chi connectivity index (χ3n) is 2.85. The first-order valence-corrected chi connectivity index (χ1v) is 6.93. The topological polar surface area (TPSA) is 68.0 Å². The molecule has 0 aliphatic carbocycles. The van der Waals surface area contributed by atoms with Crippen molar-refractivity contribution in [3.63, 3.8) is 0 Å². The van der Waals surface area contributed by atoms with Crippen LogP contribution in [0.15, 0.2) is 18.6 Å². The molecule has 0 spiro atoms. The molecule has 0 unspecified atom stereocenters. The number of nitrogens with zero attached hydrogens (tertiary/aromatic N) is 5. The molecule has 0 aliphatic heterocycles. The third kappa shape index (κ3) is 2.28. The lowest BCUT2D eigenvalue weighted by atomic mass is 10.4. The van der Waals surface area contributed by atoms with Crippen LogP contribution in [0.2, 0.25) is 0 Å². The lowest BCUT2D eigenvalue weighted by Crippen LogP contribution is -2.03. The monoisotopic (exact) mass is 274 g/mol. The van der Waals surface area contributed by atoms with Crippen molar-refractivity contribution in [2.45, 2.75) is 26.8 Å². The zero-order valence-corrected chi connectivity index (χ0v) is 11.6. The van der Waals surface area contributed by atoms with E-state index in [9.17, 15) is 0 Å². The molecule has 3 aromatic rings. The highest BCUT2D eigenvalue weighted by Gasteiger charge is 2.08. The molecule has 3 rings (SSSR count). The van der Waals surface area contributed by atoms with Crippen LogP contribution in [0.25, 0.3) is 5.65 Å². The molecule has 7 heteroatoms. The second-order valence-electron chi connectivity index (χ2n) is 4.14. The summed E-state index contributed by atoms with van der Waals surface area (Å²) in [6, 6.07) is 0. The van der Waals surface area contributed by atoms with E-state index in [1.807, 2.05) is 23.7 Å². The molecule has 1 N–H and O–H groups in total. The van der Waals surface area contributed by atoms with E-state index in [4.69, 9.17) is 0 Å². The molecule has 6 nitrogen and oxygen atoms in total. The molecule has 0 radical (unpaired) electrons. The second kappa shape index (κ2) is 4.93. The van der Waals surface area contributed by atoms with Gasteiger partial charge in [-0.05, 0) is 13.3 Å². The maximum atomic E-state index is 4.37. The Balaban J connectivity index is 1.81. The van der Waals surface area contributed by atoms with Gasteiger partial charge in [-0.3, -0.25) is 4.40 Å². The summed E-state index contributed by atoms with van der Waals surface area (Å²) in [5, 5.41) is 12.5. The van der Waals surface area contributed by atoms with E-state index in [0.29, 0.717) is 6.54 Å². The van der Waals surface area contributed by atoms with Gasteiger partial charge in [0.1, 0.15) is 10.8 Å². The van der Waals surface area contributed by atoms with Crippen LogP contribution in [-0.2, 0) is 13.0 Å². The van der Waals surface area contributed by atoms with Crippen molar-refractivity contribution >= 4 is 22.8 Å². The van der Waals surface area contributed by atoms with Crippen LogP contribution in [0.4, 0.5) is 5.82 Å². The molecule has 19 heavy (non-hydrogen) atoms. The van der Waals surface area contributed by atoms with Gasteiger partial charge >= 0.3 is 0 Å². The minimum Gasteiger partial charge on any atom is -0.360 e. The number of aryl methyl sites for hydroxylation is 2. The Morgan fingerprint density at radius 3 is 3.00 bits per heavy atom. The fourth-order valence-electron chi connectivity index (χ4n) is 1.82. The highest BCUT2D eigenvalue weighted by Crippen LogP contribution is 2.16. The molecule has 0 saturated carbocycles. The van der Waals surface area contributed by atoms with Crippen LogP contribution >= 0.6 is 11.3 Å². The Labute approximate surface area is 114 Å². The summed E-state index contributed by atoms with van der Waals surface area (Å²) in [7, 11) is 0. The first-order valence-electron chi connectivity index (χ1n) is 6.11. The molecule has 0 atom stereocenters. The van der Waals surface area contributed by atoms with E-state index in [0.717, 1.165) is 28.7 Å². The summed E-state index contributed by atoms with van der Waals surface area (Å²) in [6.45, 7) is 4.70. The van der Waals surface area contributed by atoms with Crippen LogP contribution in [0, 0.1) is 6.92 Å². The van der Waals surface area contributed by atoms with Gasteiger partial charge < -0.3 is 5.32 Å². The van der Waals surface area contributed by atoms with Gasteiger partial charge in [-0.2, -0.15) is 0 Å². The highest BCUT2D eigenvalue weighted by molar-refractivity contribution is 7.11. The lowest BCUT2D eigenvalue weighted by molar-refractivity contribution is 0.999. The van der Waals surface area contributed by atoms with Gasteiger partial charge in [0.05, 0.1) is 6.54 Å². The fourth-order valence-corrected chi connectivity index (χ4v) is 2.62. The Morgan fingerprint density at radius 1 is 1.32 bits per heavy atom. The predicted molar refractivity (Wildman–Crippen MR) is 74.3 cm³/mol. The van der Waals surface area contributed by atoms with Crippen molar-refractivity contribution in [3.05, 3.63) is 34.3 Å². The molecule has 0 amide bonds. The number of aromatic nitrogens is 5.